The number of carbonyl (C=O) groups excluding carboxylic acids is 1. The van der Waals surface area contributed by atoms with Gasteiger partial charge in [0.2, 0.25) is 0 Å². The van der Waals surface area contributed by atoms with E-state index < -0.39 is 0 Å². The van der Waals surface area contributed by atoms with Gasteiger partial charge in [0, 0.05) is 37.5 Å². The van der Waals surface area contributed by atoms with E-state index in [2.05, 4.69) is 15.5 Å². The lowest BCUT2D eigenvalue weighted by Crippen LogP contribution is -2.39. The Morgan fingerprint density at radius 1 is 1.39 bits per heavy atom. The molecule has 23 heavy (non-hydrogen) atoms. The highest BCUT2D eigenvalue weighted by Crippen LogP contribution is 2.19. The molecule has 1 aliphatic rings. The Bertz CT molecular complexity index is 627. The first-order valence-electron chi connectivity index (χ1n) is 7.60. The number of aliphatic hydroxyl groups is 1. The number of aliphatic hydroxyl groups excluding tert-OH is 1. The van der Waals surface area contributed by atoms with Crippen LogP contribution in [0.15, 0.2) is 36.5 Å². The maximum Gasteiger partial charge on any atom is 0.321 e. The summed E-state index contributed by atoms with van der Waals surface area (Å²) >= 11 is 0. The van der Waals surface area contributed by atoms with Crippen molar-refractivity contribution >= 4 is 11.7 Å². The molecule has 1 fully saturated rings. The summed E-state index contributed by atoms with van der Waals surface area (Å²) < 4.78 is 5.39. The molecule has 1 saturated heterocycles. The van der Waals surface area contributed by atoms with Gasteiger partial charge in [-0.15, -0.1) is 0 Å². The number of nitrogens with zero attached hydrogens (tertiary/aromatic N) is 2. The number of aromatic amines is 1. The minimum absolute atomic E-state index is 0.0165. The molecule has 1 aromatic carbocycles. The third kappa shape index (κ3) is 3.88. The molecule has 0 aliphatic carbocycles. The predicted molar refractivity (Wildman–Crippen MR) is 86.0 cm³/mol. The molecule has 1 unspecified atom stereocenters. The van der Waals surface area contributed by atoms with Crippen molar-refractivity contribution in [3.63, 3.8) is 0 Å². The number of hydrogen-bond donors (Lipinski definition) is 3. The number of amides is 2. The zero-order valence-corrected chi connectivity index (χ0v) is 12.7. The minimum Gasteiger partial charge on any atom is -0.396 e. The van der Waals surface area contributed by atoms with Crippen LogP contribution in [0.3, 0.4) is 0 Å². The number of urea groups is 1. The van der Waals surface area contributed by atoms with Gasteiger partial charge >= 0.3 is 6.03 Å². The van der Waals surface area contributed by atoms with Gasteiger partial charge in [-0.25, -0.2) is 4.79 Å². The number of H-pyrrole nitrogens is 1. The molecule has 0 bridgehead atoms. The smallest absolute Gasteiger partial charge is 0.321 e. The fourth-order valence-corrected chi connectivity index (χ4v) is 2.53. The molecule has 1 aromatic heterocycles. The van der Waals surface area contributed by atoms with Gasteiger partial charge in [-0.3, -0.25) is 5.10 Å². The largest absolute Gasteiger partial charge is 0.396 e. The van der Waals surface area contributed by atoms with E-state index in [9.17, 15) is 9.90 Å². The Kier molecular flexibility index (Phi) is 4.89. The minimum atomic E-state index is -0.178. The fraction of sp³-hybridized carbons (Fsp3) is 0.375. The summed E-state index contributed by atoms with van der Waals surface area (Å²) in [6.45, 7) is 2.01. The van der Waals surface area contributed by atoms with Crippen molar-refractivity contribution in [1.29, 1.82) is 0 Å². The Morgan fingerprint density at radius 2 is 2.22 bits per heavy atom. The van der Waals surface area contributed by atoms with Crippen LogP contribution in [0.5, 0.6) is 0 Å². The lowest BCUT2D eigenvalue weighted by Gasteiger charge is -2.23. The molecule has 0 spiro atoms. The topological polar surface area (TPSA) is 90.5 Å². The van der Waals surface area contributed by atoms with Crippen molar-refractivity contribution in [2.75, 3.05) is 38.2 Å². The molecule has 7 heteroatoms. The second-order valence-corrected chi connectivity index (χ2v) is 5.55. The third-order valence-corrected chi connectivity index (χ3v) is 3.83. The van der Waals surface area contributed by atoms with Crippen LogP contribution in [0.25, 0.3) is 11.3 Å². The summed E-state index contributed by atoms with van der Waals surface area (Å²) in [5.41, 5.74) is 2.66. The van der Waals surface area contributed by atoms with Gasteiger partial charge in [0.25, 0.3) is 0 Å². The zero-order chi connectivity index (χ0) is 16.1. The number of benzene rings is 1. The van der Waals surface area contributed by atoms with E-state index in [0.717, 1.165) is 16.9 Å². The average Bonchev–Trinajstić information content (AvgIpc) is 3.00. The summed E-state index contributed by atoms with van der Waals surface area (Å²) in [5.74, 6) is -0.0361. The summed E-state index contributed by atoms with van der Waals surface area (Å²) in [4.78, 5) is 14.0. The monoisotopic (exact) mass is 316 g/mol. The van der Waals surface area contributed by atoms with Gasteiger partial charge in [0.05, 0.1) is 18.9 Å². The molecule has 0 saturated carbocycles. The molecule has 2 amide bonds. The van der Waals surface area contributed by atoms with E-state index in [-0.39, 0.29) is 18.6 Å². The van der Waals surface area contributed by atoms with Crippen LogP contribution in [-0.2, 0) is 4.74 Å². The lowest BCUT2D eigenvalue weighted by molar-refractivity contribution is 0.0958. The molecule has 7 nitrogen and oxygen atoms in total. The first-order valence-corrected chi connectivity index (χ1v) is 7.60. The van der Waals surface area contributed by atoms with Crippen LogP contribution in [0, 0.1) is 5.92 Å². The Balaban J connectivity index is 1.63. The number of aromatic nitrogens is 2. The van der Waals surface area contributed by atoms with Gasteiger partial charge in [0.15, 0.2) is 0 Å². The van der Waals surface area contributed by atoms with Crippen molar-refractivity contribution in [3.05, 3.63) is 36.5 Å². The normalized spacial score (nSPS) is 18.5. The first kappa shape index (κ1) is 15.5. The Hall–Kier alpha value is -2.38. The highest BCUT2D eigenvalue weighted by atomic mass is 16.5. The maximum atomic E-state index is 12.4. The van der Waals surface area contributed by atoms with Crippen LogP contribution in [-0.4, -0.2) is 59.1 Å². The van der Waals surface area contributed by atoms with E-state index in [4.69, 9.17) is 4.74 Å². The number of anilines is 1. The number of rotatable bonds is 3. The highest BCUT2D eigenvalue weighted by Gasteiger charge is 2.22. The number of carbonyl (C=O) groups is 1. The zero-order valence-electron chi connectivity index (χ0n) is 12.7. The molecule has 1 atom stereocenters. The van der Waals surface area contributed by atoms with Gasteiger partial charge in [-0.05, 0) is 23.8 Å². The number of ether oxygens (including phenoxy) is 1. The molecule has 2 heterocycles. The molecular formula is C16H20N4O3. The molecule has 1 aliphatic heterocycles. The quantitative estimate of drug-likeness (QED) is 0.801. The van der Waals surface area contributed by atoms with Crippen LogP contribution in [0.1, 0.15) is 0 Å². The summed E-state index contributed by atoms with van der Waals surface area (Å²) in [5, 5.41) is 19.0. The van der Waals surface area contributed by atoms with Crippen molar-refractivity contribution in [2.45, 2.75) is 0 Å². The Morgan fingerprint density at radius 3 is 2.91 bits per heavy atom. The molecule has 3 rings (SSSR count). The number of hydrogen-bond acceptors (Lipinski definition) is 4. The number of nitrogens with one attached hydrogen (secondary N) is 2. The van der Waals surface area contributed by atoms with Crippen LogP contribution in [0.4, 0.5) is 10.5 Å². The second kappa shape index (κ2) is 7.26. The van der Waals surface area contributed by atoms with Gasteiger partial charge in [-0.1, -0.05) is 12.1 Å². The van der Waals surface area contributed by atoms with Crippen molar-refractivity contribution in [3.8, 4) is 11.3 Å². The van der Waals surface area contributed by atoms with Crippen molar-refractivity contribution in [1.82, 2.24) is 15.1 Å². The van der Waals surface area contributed by atoms with Crippen molar-refractivity contribution in [2.24, 2.45) is 5.92 Å². The first-order chi connectivity index (χ1) is 11.3. The van der Waals surface area contributed by atoms with Crippen LogP contribution < -0.4 is 5.32 Å². The second-order valence-electron chi connectivity index (χ2n) is 5.55. The van der Waals surface area contributed by atoms with E-state index >= 15 is 0 Å². The van der Waals surface area contributed by atoms with E-state index in [1.165, 1.54) is 0 Å². The standard InChI is InChI=1S/C16H20N4O3/c21-10-12-9-20(7-8-23-11-12)16(22)18-14-3-1-13(2-4-14)15-5-6-17-19-15/h1-6,12,21H,7-11H2,(H,17,19)(H,18,22). The lowest BCUT2D eigenvalue weighted by atomic mass is 10.1. The maximum absolute atomic E-state index is 12.4. The molecule has 122 valence electrons. The van der Waals surface area contributed by atoms with Gasteiger partial charge < -0.3 is 20.1 Å². The third-order valence-electron chi connectivity index (χ3n) is 3.83. The van der Waals surface area contributed by atoms with Gasteiger partial charge in [-0.2, -0.15) is 5.10 Å². The van der Waals surface area contributed by atoms with Gasteiger partial charge in [0.1, 0.15) is 0 Å². The van der Waals surface area contributed by atoms with E-state index in [1.807, 2.05) is 30.3 Å². The average molecular weight is 316 g/mol. The molecular weight excluding hydrogens is 296 g/mol. The molecule has 2 aromatic rings. The Labute approximate surface area is 134 Å². The SMILES string of the molecule is O=C(Nc1ccc(-c2ccn[nH]2)cc1)N1CCOCC(CO)C1. The molecule has 0 radical (unpaired) electrons. The predicted octanol–water partition coefficient (Wildman–Crippen LogP) is 1.55. The highest BCUT2D eigenvalue weighted by molar-refractivity contribution is 5.89. The molecule has 3 N–H and O–H groups in total. The van der Waals surface area contributed by atoms with Crippen LogP contribution in [0.2, 0.25) is 0 Å². The van der Waals surface area contributed by atoms with E-state index in [0.29, 0.717) is 26.3 Å². The van der Waals surface area contributed by atoms with E-state index in [1.54, 1.807) is 11.1 Å². The summed E-state index contributed by atoms with van der Waals surface area (Å²) in [7, 11) is 0. The summed E-state index contributed by atoms with van der Waals surface area (Å²) in [6, 6.07) is 9.26. The van der Waals surface area contributed by atoms with Crippen LogP contribution >= 0.6 is 0 Å². The summed E-state index contributed by atoms with van der Waals surface area (Å²) in [6.07, 6.45) is 1.70. The fourth-order valence-electron chi connectivity index (χ4n) is 2.53. The van der Waals surface area contributed by atoms with Crippen molar-refractivity contribution < 1.29 is 14.6 Å².